The Morgan fingerprint density at radius 2 is 1.75 bits per heavy atom. The molecule has 0 saturated carbocycles. The molecule has 0 radical (unpaired) electrons. The second kappa shape index (κ2) is 5.64. The van der Waals surface area contributed by atoms with Crippen LogP contribution in [-0.4, -0.2) is 19.2 Å². The molecule has 0 bridgehead atoms. The average Bonchev–Trinajstić information content (AvgIpc) is 2.94. The van der Waals surface area contributed by atoms with Gasteiger partial charge in [-0.2, -0.15) is 0 Å². The van der Waals surface area contributed by atoms with Crippen molar-refractivity contribution in [2.75, 3.05) is 5.73 Å². The molecule has 0 atom stereocenters. The fourth-order valence-corrected chi connectivity index (χ4v) is 3.36. The second-order valence-corrected chi connectivity index (χ2v) is 6.64. The van der Waals surface area contributed by atoms with E-state index in [1.165, 1.54) is 30.0 Å². The predicted octanol–water partition coefficient (Wildman–Crippen LogP) is 1.47. The quantitative estimate of drug-likeness (QED) is 0.733. The van der Waals surface area contributed by atoms with Crippen molar-refractivity contribution in [1.82, 2.24) is 14.1 Å². The Morgan fingerprint density at radius 1 is 1.12 bits per heavy atom. The predicted molar refractivity (Wildman–Crippen MR) is 94.3 cm³/mol. The van der Waals surface area contributed by atoms with Gasteiger partial charge in [-0.3, -0.25) is 13.9 Å². The number of hydrogen-bond acceptors (Lipinski definition) is 6. The van der Waals surface area contributed by atoms with E-state index in [9.17, 15) is 14.7 Å². The van der Waals surface area contributed by atoms with Gasteiger partial charge in [-0.05, 0) is 31.2 Å². The van der Waals surface area contributed by atoms with Crippen LogP contribution in [0.15, 0.2) is 33.9 Å². The summed E-state index contributed by atoms with van der Waals surface area (Å²) in [7, 11) is 2.93. The average molecular weight is 344 g/mol. The lowest BCUT2D eigenvalue weighted by molar-refractivity contribution is 0.475. The molecule has 8 heteroatoms. The molecule has 3 aromatic rings. The Kier molecular flexibility index (Phi) is 3.76. The summed E-state index contributed by atoms with van der Waals surface area (Å²) in [5.41, 5.74) is 6.57. The van der Waals surface area contributed by atoms with E-state index in [4.69, 9.17) is 5.73 Å². The first kappa shape index (κ1) is 16.0. The van der Waals surface area contributed by atoms with Gasteiger partial charge in [-0.15, -0.1) is 11.3 Å². The van der Waals surface area contributed by atoms with Gasteiger partial charge in [0.15, 0.2) is 0 Å². The van der Waals surface area contributed by atoms with Crippen molar-refractivity contribution in [2.45, 2.75) is 6.92 Å². The van der Waals surface area contributed by atoms with Gasteiger partial charge < -0.3 is 10.8 Å². The number of nitrogen functional groups attached to an aromatic ring is 1. The number of thiazole rings is 1. The molecule has 2 aromatic heterocycles. The van der Waals surface area contributed by atoms with E-state index in [1.54, 1.807) is 24.3 Å². The van der Waals surface area contributed by atoms with Gasteiger partial charge in [0.1, 0.15) is 22.1 Å². The highest BCUT2D eigenvalue weighted by Gasteiger charge is 2.20. The zero-order valence-corrected chi connectivity index (χ0v) is 14.2. The van der Waals surface area contributed by atoms with Crippen LogP contribution in [0.1, 0.15) is 4.88 Å². The van der Waals surface area contributed by atoms with Crippen molar-refractivity contribution in [3.05, 3.63) is 50.0 Å². The highest BCUT2D eigenvalue weighted by molar-refractivity contribution is 7.15. The zero-order valence-electron chi connectivity index (χ0n) is 13.4. The Morgan fingerprint density at radius 3 is 2.38 bits per heavy atom. The van der Waals surface area contributed by atoms with Crippen LogP contribution in [0.25, 0.3) is 21.8 Å². The summed E-state index contributed by atoms with van der Waals surface area (Å²) in [6.45, 7) is 1.85. The van der Waals surface area contributed by atoms with Crippen LogP contribution in [0.3, 0.4) is 0 Å². The molecular formula is C16H16N4O3S. The number of nitrogens with two attached hydrogens (primary N) is 1. The van der Waals surface area contributed by atoms with Crippen molar-refractivity contribution in [1.29, 1.82) is 0 Å². The van der Waals surface area contributed by atoms with E-state index >= 15 is 0 Å². The number of aromatic hydroxyl groups is 1. The minimum absolute atomic E-state index is 0.0914. The summed E-state index contributed by atoms with van der Waals surface area (Å²) < 4.78 is 2.25. The smallest absolute Gasteiger partial charge is 0.332 e. The third-order valence-corrected chi connectivity index (χ3v) is 4.88. The van der Waals surface area contributed by atoms with E-state index in [1.807, 2.05) is 6.92 Å². The number of phenols is 1. The second-order valence-electron chi connectivity index (χ2n) is 5.44. The molecule has 3 rings (SSSR count). The third-order valence-electron chi connectivity index (χ3n) is 3.86. The molecule has 124 valence electrons. The van der Waals surface area contributed by atoms with Crippen LogP contribution in [0.2, 0.25) is 0 Å². The minimum Gasteiger partial charge on any atom is -0.508 e. The molecule has 3 N–H and O–H groups in total. The monoisotopic (exact) mass is 344 g/mol. The summed E-state index contributed by atoms with van der Waals surface area (Å²) in [5, 5.41) is 10.1. The van der Waals surface area contributed by atoms with E-state index in [0.717, 1.165) is 15.0 Å². The maximum atomic E-state index is 12.5. The number of aromatic nitrogens is 3. The number of anilines is 1. The Hall–Kier alpha value is -2.87. The fourth-order valence-electron chi connectivity index (χ4n) is 2.44. The van der Waals surface area contributed by atoms with Crippen LogP contribution in [0.5, 0.6) is 5.75 Å². The largest absolute Gasteiger partial charge is 0.508 e. The van der Waals surface area contributed by atoms with Crippen molar-refractivity contribution >= 4 is 17.2 Å². The molecule has 1 aromatic carbocycles. The molecule has 0 spiro atoms. The summed E-state index contributed by atoms with van der Waals surface area (Å²) in [6.07, 6.45) is 0. The van der Waals surface area contributed by atoms with Crippen LogP contribution < -0.4 is 17.0 Å². The molecule has 0 aliphatic heterocycles. The molecule has 0 aliphatic rings. The normalized spacial score (nSPS) is 11.0. The van der Waals surface area contributed by atoms with Crippen molar-refractivity contribution in [3.63, 3.8) is 0 Å². The zero-order chi connectivity index (χ0) is 17.6. The topological polar surface area (TPSA) is 103 Å². The van der Waals surface area contributed by atoms with Crippen molar-refractivity contribution < 1.29 is 5.11 Å². The van der Waals surface area contributed by atoms with Crippen LogP contribution in [-0.2, 0) is 14.1 Å². The van der Waals surface area contributed by atoms with Gasteiger partial charge >= 0.3 is 5.69 Å². The number of rotatable bonds is 2. The highest BCUT2D eigenvalue weighted by Crippen LogP contribution is 2.34. The maximum absolute atomic E-state index is 12.5. The molecule has 0 unspecified atom stereocenters. The molecule has 0 aliphatic carbocycles. The number of aryl methyl sites for hydroxylation is 1. The van der Waals surface area contributed by atoms with E-state index in [-0.39, 0.29) is 17.1 Å². The molecule has 0 saturated heterocycles. The SMILES string of the molecule is Cc1sc(-c2ccc(O)cc2)nc1-c1c(N)n(C)c(=O)n(C)c1=O. The standard InChI is InChI=1S/C16H16N4O3S/c1-8-12(11-13(17)19(2)16(23)20(3)15(11)22)18-14(24-8)9-4-6-10(21)7-5-9/h4-7,21H,17H2,1-3H3. The van der Waals surface area contributed by atoms with Gasteiger partial charge in [0.05, 0.1) is 5.69 Å². The Labute approximate surface area is 141 Å². The molecular weight excluding hydrogens is 328 g/mol. The first-order valence-electron chi connectivity index (χ1n) is 7.14. The first-order chi connectivity index (χ1) is 11.3. The number of hydrogen-bond donors (Lipinski definition) is 2. The van der Waals surface area contributed by atoms with E-state index < -0.39 is 11.2 Å². The van der Waals surface area contributed by atoms with Crippen molar-refractivity contribution in [3.8, 4) is 27.6 Å². The van der Waals surface area contributed by atoms with Crippen LogP contribution in [0, 0.1) is 6.92 Å². The fraction of sp³-hybridized carbons (Fsp3) is 0.188. The van der Waals surface area contributed by atoms with Gasteiger partial charge in [0.2, 0.25) is 0 Å². The molecule has 7 nitrogen and oxygen atoms in total. The van der Waals surface area contributed by atoms with E-state index in [2.05, 4.69) is 4.98 Å². The summed E-state index contributed by atoms with van der Waals surface area (Å²) in [5.74, 6) is 0.261. The summed E-state index contributed by atoms with van der Waals surface area (Å²) in [4.78, 5) is 29.8. The molecule has 0 amide bonds. The first-order valence-corrected chi connectivity index (χ1v) is 7.95. The molecule has 24 heavy (non-hydrogen) atoms. The lowest BCUT2D eigenvalue weighted by Crippen LogP contribution is -2.39. The Balaban J connectivity index is 2.24. The van der Waals surface area contributed by atoms with Gasteiger partial charge in [-0.1, -0.05) is 0 Å². The highest BCUT2D eigenvalue weighted by atomic mass is 32.1. The summed E-state index contributed by atoms with van der Waals surface area (Å²) >= 11 is 1.42. The number of phenolic OH excluding ortho intramolecular Hbond substituents is 1. The minimum atomic E-state index is -0.479. The summed E-state index contributed by atoms with van der Waals surface area (Å²) in [6, 6.07) is 6.65. The van der Waals surface area contributed by atoms with Crippen LogP contribution >= 0.6 is 11.3 Å². The van der Waals surface area contributed by atoms with Gasteiger partial charge in [0.25, 0.3) is 5.56 Å². The lowest BCUT2D eigenvalue weighted by Gasteiger charge is -2.10. The molecule has 0 fully saturated rings. The lowest BCUT2D eigenvalue weighted by atomic mass is 10.2. The van der Waals surface area contributed by atoms with Crippen molar-refractivity contribution in [2.24, 2.45) is 14.1 Å². The number of nitrogens with zero attached hydrogens (tertiary/aromatic N) is 3. The van der Waals surface area contributed by atoms with Gasteiger partial charge in [-0.25, -0.2) is 9.78 Å². The van der Waals surface area contributed by atoms with E-state index in [0.29, 0.717) is 10.7 Å². The maximum Gasteiger partial charge on any atom is 0.332 e. The molecule has 2 heterocycles. The third kappa shape index (κ3) is 2.41. The number of benzene rings is 1. The Bertz CT molecular complexity index is 1040. The van der Waals surface area contributed by atoms with Gasteiger partial charge in [0, 0.05) is 24.5 Å². The van der Waals surface area contributed by atoms with Crippen LogP contribution in [0.4, 0.5) is 5.82 Å².